The molecule has 0 aliphatic carbocycles. The number of hydrogen-bond donors (Lipinski definition) is 0. The Hall–Kier alpha value is -0.340. The van der Waals surface area contributed by atoms with Crippen molar-refractivity contribution in [3.63, 3.8) is 0 Å². The summed E-state index contributed by atoms with van der Waals surface area (Å²) in [5.74, 6) is 0. The van der Waals surface area contributed by atoms with E-state index in [1.165, 1.54) is 5.57 Å². The predicted octanol–water partition coefficient (Wildman–Crippen LogP) is 3.17. The van der Waals surface area contributed by atoms with Crippen LogP contribution in [0.4, 0.5) is 0 Å². The topological polar surface area (TPSA) is 18.5 Å². The molecule has 0 fully saturated rings. The van der Waals surface area contributed by atoms with E-state index in [-0.39, 0.29) is 0 Å². The van der Waals surface area contributed by atoms with Gasteiger partial charge < -0.3 is 9.47 Å². The molecule has 0 rings (SSSR count). The van der Waals surface area contributed by atoms with Crippen LogP contribution in [0.15, 0.2) is 11.6 Å². The summed E-state index contributed by atoms with van der Waals surface area (Å²) in [7, 11) is 0. The van der Waals surface area contributed by atoms with E-state index in [0.717, 1.165) is 13.0 Å². The molecule has 0 aromatic rings. The minimum atomic E-state index is 0.311. The van der Waals surface area contributed by atoms with E-state index in [0.29, 0.717) is 18.8 Å². The maximum absolute atomic E-state index is 5.46. The van der Waals surface area contributed by atoms with Gasteiger partial charge in [-0.1, -0.05) is 11.6 Å². The fraction of sp³-hybridized carbons (Fsp3) is 0.833. The molecule has 0 aliphatic rings. The average molecular weight is 200 g/mol. The van der Waals surface area contributed by atoms with Crippen LogP contribution in [0.25, 0.3) is 0 Å². The molecule has 0 aliphatic heterocycles. The van der Waals surface area contributed by atoms with Gasteiger partial charge in [-0.25, -0.2) is 0 Å². The molecule has 0 saturated carbocycles. The summed E-state index contributed by atoms with van der Waals surface area (Å²) in [5.41, 5.74) is 1.34. The standard InChI is InChI=1S/C12H24O2/c1-10(2)13-8-6-12(5)7-9-14-11(3)4/h6,10-11H,7-9H2,1-5H3/b12-6-. The van der Waals surface area contributed by atoms with Gasteiger partial charge in [0.1, 0.15) is 0 Å². The second-order valence-electron chi connectivity index (χ2n) is 4.10. The van der Waals surface area contributed by atoms with Gasteiger partial charge in [0.2, 0.25) is 0 Å². The molecule has 0 radical (unpaired) electrons. The van der Waals surface area contributed by atoms with Crippen LogP contribution in [0.1, 0.15) is 41.0 Å². The van der Waals surface area contributed by atoms with Crippen LogP contribution in [0.3, 0.4) is 0 Å². The van der Waals surface area contributed by atoms with Crippen LogP contribution in [0, 0.1) is 0 Å². The first-order valence-electron chi connectivity index (χ1n) is 5.41. The lowest BCUT2D eigenvalue weighted by Gasteiger charge is -2.08. The van der Waals surface area contributed by atoms with E-state index in [2.05, 4.69) is 26.8 Å². The highest BCUT2D eigenvalue weighted by Crippen LogP contribution is 2.02. The van der Waals surface area contributed by atoms with E-state index >= 15 is 0 Å². The number of hydrogen-bond acceptors (Lipinski definition) is 2. The maximum atomic E-state index is 5.46. The summed E-state index contributed by atoms with van der Waals surface area (Å²) in [6, 6.07) is 0. The highest BCUT2D eigenvalue weighted by Gasteiger charge is 1.95. The van der Waals surface area contributed by atoms with Crippen molar-refractivity contribution in [3.05, 3.63) is 11.6 Å². The zero-order valence-electron chi connectivity index (χ0n) is 10.2. The number of rotatable bonds is 7. The van der Waals surface area contributed by atoms with Gasteiger partial charge in [-0.3, -0.25) is 0 Å². The summed E-state index contributed by atoms with van der Waals surface area (Å²) in [6.07, 6.45) is 3.77. The molecule has 2 heteroatoms. The molecule has 0 bridgehead atoms. The Morgan fingerprint density at radius 2 is 1.64 bits per heavy atom. The Morgan fingerprint density at radius 1 is 1.07 bits per heavy atom. The Bertz CT molecular complexity index is 160. The van der Waals surface area contributed by atoms with Crippen LogP contribution < -0.4 is 0 Å². The lowest BCUT2D eigenvalue weighted by Crippen LogP contribution is -2.05. The van der Waals surface area contributed by atoms with Gasteiger partial charge in [0.15, 0.2) is 0 Å². The minimum absolute atomic E-state index is 0.311. The normalized spacial score (nSPS) is 12.9. The highest BCUT2D eigenvalue weighted by atomic mass is 16.5. The van der Waals surface area contributed by atoms with E-state index < -0.39 is 0 Å². The van der Waals surface area contributed by atoms with Crippen molar-refractivity contribution in [1.29, 1.82) is 0 Å². The SMILES string of the molecule is C/C(=C/COC(C)C)CCOC(C)C. The van der Waals surface area contributed by atoms with Crippen LogP contribution in [0.5, 0.6) is 0 Å². The summed E-state index contributed by atoms with van der Waals surface area (Å²) >= 11 is 0. The molecule has 0 saturated heterocycles. The Labute approximate surface area is 88.3 Å². The molecule has 0 N–H and O–H groups in total. The third kappa shape index (κ3) is 9.75. The summed E-state index contributed by atoms with van der Waals surface area (Å²) < 4.78 is 10.9. The van der Waals surface area contributed by atoms with Gasteiger partial charge in [0.25, 0.3) is 0 Å². The van der Waals surface area contributed by atoms with E-state index in [1.807, 2.05) is 13.8 Å². The minimum Gasteiger partial charge on any atom is -0.378 e. The van der Waals surface area contributed by atoms with Crippen molar-refractivity contribution in [2.45, 2.75) is 53.2 Å². The van der Waals surface area contributed by atoms with Gasteiger partial charge in [-0.05, 0) is 41.0 Å². The fourth-order valence-electron chi connectivity index (χ4n) is 0.940. The first kappa shape index (κ1) is 13.7. The van der Waals surface area contributed by atoms with Gasteiger partial charge >= 0.3 is 0 Å². The lowest BCUT2D eigenvalue weighted by molar-refractivity contribution is 0.0806. The summed E-state index contributed by atoms with van der Waals surface area (Å²) in [6.45, 7) is 11.8. The van der Waals surface area contributed by atoms with Gasteiger partial charge in [-0.15, -0.1) is 0 Å². The Morgan fingerprint density at radius 3 is 2.14 bits per heavy atom. The highest BCUT2D eigenvalue weighted by molar-refractivity contribution is 4.97. The van der Waals surface area contributed by atoms with E-state index in [9.17, 15) is 0 Å². The molecule has 0 aromatic heterocycles. The molecule has 0 spiro atoms. The predicted molar refractivity (Wildman–Crippen MR) is 60.6 cm³/mol. The monoisotopic (exact) mass is 200 g/mol. The zero-order chi connectivity index (χ0) is 11.0. The summed E-state index contributed by atoms with van der Waals surface area (Å²) in [4.78, 5) is 0. The molecule has 0 atom stereocenters. The lowest BCUT2D eigenvalue weighted by atomic mass is 10.2. The smallest absolute Gasteiger partial charge is 0.0653 e. The second kappa shape index (κ2) is 8.01. The summed E-state index contributed by atoms with van der Waals surface area (Å²) in [5, 5.41) is 0. The number of ether oxygens (including phenoxy) is 2. The quantitative estimate of drug-likeness (QED) is 0.588. The van der Waals surface area contributed by atoms with Crippen molar-refractivity contribution in [2.75, 3.05) is 13.2 Å². The van der Waals surface area contributed by atoms with Crippen LogP contribution in [-0.2, 0) is 9.47 Å². The molecule has 0 aromatic carbocycles. The largest absolute Gasteiger partial charge is 0.378 e. The molecular formula is C12H24O2. The zero-order valence-corrected chi connectivity index (χ0v) is 10.2. The molecule has 0 heterocycles. The molecule has 84 valence electrons. The molecule has 0 amide bonds. The van der Waals surface area contributed by atoms with Crippen molar-refractivity contribution in [1.82, 2.24) is 0 Å². The van der Waals surface area contributed by atoms with Crippen LogP contribution in [0.2, 0.25) is 0 Å². The van der Waals surface area contributed by atoms with Gasteiger partial charge in [0, 0.05) is 0 Å². The van der Waals surface area contributed by atoms with E-state index in [1.54, 1.807) is 0 Å². The molecule has 0 unspecified atom stereocenters. The van der Waals surface area contributed by atoms with Crippen LogP contribution >= 0.6 is 0 Å². The Kier molecular flexibility index (Phi) is 7.81. The van der Waals surface area contributed by atoms with Gasteiger partial charge in [-0.2, -0.15) is 0 Å². The van der Waals surface area contributed by atoms with Crippen molar-refractivity contribution < 1.29 is 9.47 Å². The maximum Gasteiger partial charge on any atom is 0.0653 e. The first-order chi connectivity index (χ1) is 6.52. The fourth-order valence-corrected chi connectivity index (χ4v) is 0.940. The van der Waals surface area contributed by atoms with Crippen molar-refractivity contribution in [3.8, 4) is 0 Å². The van der Waals surface area contributed by atoms with E-state index in [4.69, 9.17) is 9.47 Å². The first-order valence-corrected chi connectivity index (χ1v) is 5.41. The van der Waals surface area contributed by atoms with Crippen molar-refractivity contribution in [2.24, 2.45) is 0 Å². The molecular weight excluding hydrogens is 176 g/mol. The van der Waals surface area contributed by atoms with Crippen molar-refractivity contribution >= 4 is 0 Å². The Balaban J connectivity index is 3.47. The van der Waals surface area contributed by atoms with Gasteiger partial charge in [0.05, 0.1) is 25.4 Å². The van der Waals surface area contributed by atoms with Crippen LogP contribution in [-0.4, -0.2) is 25.4 Å². The average Bonchev–Trinajstić information content (AvgIpc) is 2.02. The third-order valence-corrected chi connectivity index (χ3v) is 1.81. The molecule has 14 heavy (non-hydrogen) atoms. The second-order valence-corrected chi connectivity index (χ2v) is 4.10. The third-order valence-electron chi connectivity index (χ3n) is 1.81. The molecule has 2 nitrogen and oxygen atoms in total.